The molecule has 0 bridgehead atoms. The first-order valence-corrected chi connectivity index (χ1v) is 3.48. The van der Waals surface area contributed by atoms with E-state index in [2.05, 4.69) is 4.99 Å². The Labute approximate surface area is 60.1 Å². The second-order valence-corrected chi connectivity index (χ2v) is 2.51. The van der Waals surface area contributed by atoms with Crippen LogP contribution in [-0.2, 0) is 4.74 Å². The Bertz CT molecular complexity index is 145. The molecule has 0 N–H and O–H groups in total. The Kier molecular flexibility index (Phi) is 2.25. The summed E-state index contributed by atoms with van der Waals surface area (Å²) in [6.45, 7) is 1.53. The smallest absolute Gasteiger partial charge is 0.183 e. The van der Waals surface area contributed by atoms with Crippen molar-refractivity contribution >= 4 is 5.90 Å². The predicted octanol–water partition coefficient (Wildman–Crippen LogP) is 1.55. The molecule has 0 saturated carbocycles. The Morgan fingerprint density at radius 3 is 2.80 bits per heavy atom. The fourth-order valence-electron chi connectivity index (χ4n) is 1.07. The van der Waals surface area contributed by atoms with Crippen molar-refractivity contribution in [1.29, 1.82) is 0 Å². The molecule has 0 radical (unpaired) electrons. The van der Waals surface area contributed by atoms with Gasteiger partial charge in [-0.25, -0.2) is 9.38 Å². The Hall–Kier alpha value is -0.600. The van der Waals surface area contributed by atoms with E-state index < -0.39 is 6.17 Å². The van der Waals surface area contributed by atoms with Crippen LogP contribution >= 0.6 is 0 Å². The Morgan fingerprint density at radius 2 is 2.50 bits per heavy atom. The van der Waals surface area contributed by atoms with Crippen LogP contribution in [0.3, 0.4) is 0 Å². The minimum Gasteiger partial charge on any atom is -0.484 e. The van der Waals surface area contributed by atoms with Gasteiger partial charge in [0.25, 0.3) is 0 Å². The zero-order chi connectivity index (χ0) is 7.56. The first-order valence-electron chi connectivity index (χ1n) is 3.48. The molecule has 3 heteroatoms. The summed E-state index contributed by atoms with van der Waals surface area (Å²) in [6.07, 6.45) is 0.739. The molecule has 1 heterocycles. The predicted molar refractivity (Wildman–Crippen MR) is 38.0 cm³/mol. The van der Waals surface area contributed by atoms with Gasteiger partial charge in [-0.05, 0) is 13.3 Å². The largest absolute Gasteiger partial charge is 0.484 e. The monoisotopic (exact) mass is 145 g/mol. The van der Waals surface area contributed by atoms with E-state index in [0.29, 0.717) is 5.90 Å². The Balaban J connectivity index is 2.47. The molecular formula is C7H12FNO. The molecule has 0 aromatic rings. The molecule has 0 fully saturated rings. The summed E-state index contributed by atoms with van der Waals surface area (Å²) in [6, 6.07) is -0.157. The number of alkyl halides is 1. The van der Waals surface area contributed by atoms with Crippen molar-refractivity contribution in [2.45, 2.75) is 32.0 Å². The van der Waals surface area contributed by atoms with Gasteiger partial charge in [0, 0.05) is 6.42 Å². The second kappa shape index (κ2) is 2.99. The van der Waals surface area contributed by atoms with Gasteiger partial charge in [-0.3, -0.25) is 0 Å². The van der Waals surface area contributed by atoms with Crippen molar-refractivity contribution in [3.8, 4) is 0 Å². The van der Waals surface area contributed by atoms with Crippen molar-refractivity contribution in [2.75, 3.05) is 7.11 Å². The van der Waals surface area contributed by atoms with E-state index in [1.807, 2.05) is 0 Å². The average Bonchev–Trinajstić information content (AvgIpc) is 2.34. The highest BCUT2D eigenvalue weighted by Crippen LogP contribution is 2.18. The minimum absolute atomic E-state index is 0.157. The highest BCUT2D eigenvalue weighted by Gasteiger charge is 2.22. The van der Waals surface area contributed by atoms with Gasteiger partial charge in [-0.15, -0.1) is 0 Å². The van der Waals surface area contributed by atoms with Gasteiger partial charge >= 0.3 is 0 Å². The van der Waals surface area contributed by atoms with Crippen molar-refractivity contribution in [2.24, 2.45) is 4.99 Å². The van der Waals surface area contributed by atoms with Gasteiger partial charge < -0.3 is 4.74 Å². The van der Waals surface area contributed by atoms with Gasteiger partial charge in [-0.2, -0.15) is 0 Å². The van der Waals surface area contributed by atoms with Crippen molar-refractivity contribution < 1.29 is 9.13 Å². The molecule has 2 nitrogen and oxygen atoms in total. The van der Waals surface area contributed by atoms with Crippen LogP contribution in [-0.4, -0.2) is 25.2 Å². The lowest BCUT2D eigenvalue weighted by molar-refractivity contribution is 0.306. The second-order valence-electron chi connectivity index (χ2n) is 2.51. The van der Waals surface area contributed by atoms with E-state index in [-0.39, 0.29) is 6.04 Å². The number of methoxy groups -OCH3 is 1. The van der Waals surface area contributed by atoms with Crippen LogP contribution in [0.4, 0.5) is 4.39 Å². The van der Waals surface area contributed by atoms with Gasteiger partial charge in [0.2, 0.25) is 0 Å². The first-order chi connectivity index (χ1) is 4.74. The summed E-state index contributed by atoms with van der Waals surface area (Å²) in [5.74, 6) is 0.689. The van der Waals surface area contributed by atoms with Gasteiger partial charge in [0.1, 0.15) is 6.17 Å². The van der Waals surface area contributed by atoms with Crippen LogP contribution in [0.15, 0.2) is 4.99 Å². The topological polar surface area (TPSA) is 21.6 Å². The molecule has 10 heavy (non-hydrogen) atoms. The molecular weight excluding hydrogens is 133 g/mol. The first kappa shape index (κ1) is 7.51. The maximum Gasteiger partial charge on any atom is 0.183 e. The van der Waals surface area contributed by atoms with Crippen molar-refractivity contribution in [1.82, 2.24) is 0 Å². The van der Waals surface area contributed by atoms with Gasteiger partial charge in [-0.1, -0.05) is 0 Å². The van der Waals surface area contributed by atoms with Crippen molar-refractivity contribution in [3.63, 3.8) is 0 Å². The molecule has 1 rings (SSSR count). The number of aliphatic imine (C=N–C) groups is 1. The molecule has 0 aromatic heterocycles. The number of nitrogens with zero attached hydrogens (tertiary/aromatic N) is 1. The van der Waals surface area contributed by atoms with Crippen LogP contribution in [0.2, 0.25) is 0 Å². The highest BCUT2D eigenvalue weighted by atomic mass is 19.1. The lowest BCUT2D eigenvalue weighted by atomic mass is 10.1. The fourth-order valence-corrected chi connectivity index (χ4v) is 1.07. The van der Waals surface area contributed by atoms with Crippen LogP contribution in [0.5, 0.6) is 0 Å². The van der Waals surface area contributed by atoms with Crippen LogP contribution in [0, 0.1) is 0 Å². The molecule has 0 amide bonds. The number of hydrogen-bond acceptors (Lipinski definition) is 2. The number of hydrogen-bond donors (Lipinski definition) is 0. The van der Waals surface area contributed by atoms with E-state index in [1.54, 1.807) is 7.11 Å². The quantitative estimate of drug-likeness (QED) is 0.548. The zero-order valence-electron chi connectivity index (χ0n) is 6.30. The van der Waals surface area contributed by atoms with E-state index in [1.165, 1.54) is 6.92 Å². The molecule has 0 spiro atoms. The lowest BCUT2D eigenvalue weighted by Gasteiger charge is -2.04. The normalized spacial score (nSPS) is 27.9. The summed E-state index contributed by atoms with van der Waals surface area (Å²) < 4.78 is 17.4. The molecule has 1 aliphatic heterocycles. The third-order valence-corrected chi connectivity index (χ3v) is 1.73. The Morgan fingerprint density at radius 1 is 1.80 bits per heavy atom. The summed E-state index contributed by atoms with van der Waals surface area (Å²) in [5, 5.41) is 0. The summed E-state index contributed by atoms with van der Waals surface area (Å²) >= 11 is 0. The summed E-state index contributed by atoms with van der Waals surface area (Å²) in [4.78, 5) is 4.03. The standard InChI is InChI=1S/C7H12FNO/c1-5(8)6-3-4-7(9-6)10-2/h5-6H,3-4H2,1-2H3/t5?,6-/m1/s1. The van der Waals surface area contributed by atoms with E-state index in [9.17, 15) is 4.39 Å². The molecule has 0 saturated heterocycles. The molecule has 58 valence electrons. The number of halogens is 1. The lowest BCUT2D eigenvalue weighted by Crippen LogP contribution is -2.12. The van der Waals surface area contributed by atoms with E-state index in [4.69, 9.17) is 4.74 Å². The molecule has 0 aromatic carbocycles. The summed E-state index contributed by atoms with van der Waals surface area (Å²) in [5.41, 5.74) is 0. The molecule has 0 aliphatic carbocycles. The van der Waals surface area contributed by atoms with Gasteiger partial charge in [0.15, 0.2) is 5.90 Å². The average molecular weight is 145 g/mol. The van der Waals surface area contributed by atoms with Crippen LogP contribution in [0.1, 0.15) is 19.8 Å². The highest BCUT2D eigenvalue weighted by molar-refractivity contribution is 5.77. The molecule has 2 atom stereocenters. The third kappa shape index (κ3) is 1.46. The minimum atomic E-state index is -0.840. The maximum atomic E-state index is 12.6. The van der Waals surface area contributed by atoms with Crippen LogP contribution < -0.4 is 0 Å². The zero-order valence-corrected chi connectivity index (χ0v) is 6.30. The van der Waals surface area contributed by atoms with E-state index in [0.717, 1.165) is 12.8 Å². The van der Waals surface area contributed by atoms with E-state index >= 15 is 0 Å². The number of rotatable bonds is 1. The van der Waals surface area contributed by atoms with Crippen LogP contribution in [0.25, 0.3) is 0 Å². The number of ether oxygens (including phenoxy) is 1. The van der Waals surface area contributed by atoms with Crippen molar-refractivity contribution in [3.05, 3.63) is 0 Å². The molecule has 1 aliphatic rings. The van der Waals surface area contributed by atoms with Gasteiger partial charge in [0.05, 0.1) is 13.2 Å². The summed E-state index contributed by atoms with van der Waals surface area (Å²) in [7, 11) is 1.57. The maximum absolute atomic E-state index is 12.6. The fraction of sp³-hybridized carbons (Fsp3) is 0.857. The molecule has 1 unspecified atom stereocenters. The SMILES string of the molecule is COC1=N[C@@H](C(C)F)CC1. The third-order valence-electron chi connectivity index (χ3n) is 1.73.